The van der Waals surface area contributed by atoms with E-state index in [1.807, 2.05) is 0 Å². The van der Waals surface area contributed by atoms with Crippen molar-refractivity contribution in [2.45, 2.75) is 90.2 Å². The number of esters is 2. The number of anilines is 1. The van der Waals surface area contributed by atoms with Crippen LogP contribution in [0.25, 0.3) is 0 Å². The SMILES string of the molecule is C=CC(=O)OCC(C)(C)C(=O)C(=O)N1CCCC[C@H]1C(=O)O[C@H](CCCN1CCCCC1)c1cccc(NC(=O)CCC(=O)O)c1. The van der Waals surface area contributed by atoms with Gasteiger partial charge in [0, 0.05) is 24.7 Å². The summed E-state index contributed by atoms with van der Waals surface area (Å²) in [6.45, 7) is 9.14. The van der Waals surface area contributed by atoms with E-state index in [1.54, 1.807) is 24.3 Å². The number of piperidine rings is 2. The highest BCUT2D eigenvalue weighted by atomic mass is 16.5. The number of hydrogen-bond acceptors (Lipinski definition) is 9. The van der Waals surface area contributed by atoms with E-state index < -0.39 is 53.1 Å². The average Bonchev–Trinajstić information content (AvgIpc) is 3.05. The Kier molecular flexibility index (Phi) is 13.9. The predicted octanol–water partition coefficient (Wildman–Crippen LogP) is 4.05. The minimum atomic E-state index is -1.31. The van der Waals surface area contributed by atoms with E-state index in [2.05, 4.69) is 16.8 Å². The molecule has 0 bridgehead atoms. The van der Waals surface area contributed by atoms with Gasteiger partial charge in [0.15, 0.2) is 0 Å². The van der Waals surface area contributed by atoms with Crippen molar-refractivity contribution in [1.82, 2.24) is 9.80 Å². The molecule has 46 heavy (non-hydrogen) atoms. The number of Topliss-reactive ketones (excluding diaryl/α,β-unsaturated/α-hetero) is 1. The van der Waals surface area contributed by atoms with Crippen LogP contribution >= 0.6 is 0 Å². The van der Waals surface area contributed by atoms with Crippen molar-refractivity contribution in [2.75, 3.05) is 38.1 Å². The quantitative estimate of drug-likeness (QED) is 0.153. The van der Waals surface area contributed by atoms with Crippen molar-refractivity contribution < 1.29 is 43.3 Å². The number of aliphatic carboxylic acids is 1. The Labute approximate surface area is 270 Å². The number of rotatable bonds is 16. The number of amides is 2. The van der Waals surface area contributed by atoms with Crippen LogP contribution in [0.5, 0.6) is 0 Å². The predicted molar refractivity (Wildman–Crippen MR) is 170 cm³/mol. The number of likely N-dealkylation sites (tertiary alicyclic amines) is 2. The fourth-order valence-corrected chi connectivity index (χ4v) is 5.67. The van der Waals surface area contributed by atoms with Crippen LogP contribution in [0.3, 0.4) is 0 Å². The lowest BCUT2D eigenvalue weighted by Crippen LogP contribution is -2.53. The van der Waals surface area contributed by atoms with Gasteiger partial charge in [-0.05, 0) is 96.1 Å². The minimum absolute atomic E-state index is 0.175. The van der Waals surface area contributed by atoms with Gasteiger partial charge in [-0.2, -0.15) is 0 Å². The third kappa shape index (κ3) is 11.1. The molecule has 2 aliphatic rings. The number of carboxylic acids is 1. The smallest absolute Gasteiger partial charge is 0.330 e. The molecule has 0 saturated carbocycles. The molecular formula is C34H47N3O9. The van der Waals surface area contributed by atoms with Crippen molar-refractivity contribution >= 4 is 41.2 Å². The molecule has 3 rings (SSSR count). The third-order valence-electron chi connectivity index (χ3n) is 8.34. The Morgan fingerprint density at radius 3 is 2.46 bits per heavy atom. The summed E-state index contributed by atoms with van der Waals surface area (Å²) in [5, 5.41) is 11.6. The monoisotopic (exact) mass is 641 g/mol. The second-order valence-electron chi connectivity index (χ2n) is 12.6. The Morgan fingerprint density at radius 1 is 1.04 bits per heavy atom. The van der Waals surface area contributed by atoms with Crippen LogP contribution in [-0.4, -0.2) is 89.2 Å². The summed E-state index contributed by atoms with van der Waals surface area (Å²) in [7, 11) is 0. The first-order chi connectivity index (χ1) is 21.9. The number of carbonyl (C=O) groups excluding carboxylic acids is 5. The Bertz CT molecular complexity index is 1270. The van der Waals surface area contributed by atoms with Gasteiger partial charge in [-0.25, -0.2) is 9.59 Å². The second-order valence-corrected chi connectivity index (χ2v) is 12.6. The number of hydrogen-bond donors (Lipinski definition) is 2. The van der Waals surface area contributed by atoms with Crippen LogP contribution in [0.2, 0.25) is 0 Å². The van der Waals surface area contributed by atoms with E-state index in [4.69, 9.17) is 14.6 Å². The number of benzene rings is 1. The first-order valence-corrected chi connectivity index (χ1v) is 16.1. The Balaban J connectivity index is 1.76. The van der Waals surface area contributed by atoms with Crippen LogP contribution in [0.1, 0.15) is 89.7 Å². The van der Waals surface area contributed by atoms with Gasteiger partial charge in [0.2, 0.25) is 11.7 Å². The van der Waals surface area contributed by atoms with E-state index >= 15 is 0 Å². The number of carboxylic acid groups (broad SMARTS) is 1. The lowest BCUT2D eigenvalue weighted by Gasteiger charge is -2.36. The Morgan fingerprint density at radius 2 is 1.76 bits per heavy atom. The van der Waals surface area contributed by atoms with Crippen molar-refractivity contribution in [3.8, 4) is 0 Å². The van der Waals surface area contributed by atoms with Crippen molar-refractivity contribution in [3.05, 3.63) is 42.5 Å². The summed E-state index contributed by atoms with van der Waals surface area (Å²) < 4.78 is 11.1. The molecule has 1 aromatic carbocycles. The van der Waals surface area contributed by atoms with Crippen LogP contribution in [0.15, 0.2) is 36.9 Å². The molecule has 12 nitrogen and oxygen atoms in total. The summed E-state index contributed by atoms with van der Waals surface area (Å²) in [6, 6.07) is 5.95. The van der Waals surface area contributed by atoms with Gasteiger partial charge in [0.05, 0.1) is 11.8 Å². The van der Waals surface area contributed by atoms with Crippen LogP contribution < -0.4 is 5.32 Å². The highest BCUT2D eigenvalue weighted by Gasteiger charge is 2.42. The standard InChI is InChI=1S/C34H47N3O9/c1-4-30(41)45-23-34(2,3)31(42)32(43)37-21-9-6-14-26(37)33(44)46-27(15-11-20-36-18-7-5-8-19-36)24-12-10-13-25(22-24)35-28(38)16-17-29(39)40/h4,10,12-13,22,26-27H,1,5-9,11,14-21,23H2,2-3H3,(H,35,38)(H,39,40)/t26-,27+/m0/s1. The molecule has 2 fully saturated rings. The molecule has 0 aliphatic carbocycles. The van der Waals surface area contributed by atoms with Gasteiger partial charge in [0.25, 0.3) is 5.91 Å². The first-order valence-electron chi connectivity index (χ1n) is 16.1. The van der Waals surface area contributed by atoms with Crippen LogP contribution in [0.4, 0.5) is 5.69 Å². The number of nitrogens with one attached hydrogen (secondary N) is 1. The lowest BCUT2D eigenvalue weighted by atomic mass is 9.87. The molecule has 0 spiro atoms. The van der Waals surface area contributed by atoms with E-state index in [0.29, 0.717) is 36.9 Å². The number of carbonyl (C=O) groups is 6. The van der Waals surface area contributed by atoms with Gasteiger partial charge < -0.3 is 29.7 Å². The van der Waals surface area contributed by atoms with E-state index in [9.17, 15) is 28.8 Å². The summed E-state index contributed by atoms with van der Waals surface area (Å²) in [4.78, 5) is 78.8. The largest absolute Gasteiger partial charge is 0.481 e. The maximum absolute atomic E-state index is 13.8. The third-order valence-corrected chi connectivity index (χ3v) is 8.34. The summed E-state index contributed by atoms with van der Waals surface area (Å²) in [5.74, 6) is -4.43. The zero-order valence-electron chi connectivity index (χ0n) is 27.0. The molecular weight excluding hydrogens is 594 g/mol. The number of ketones is 1. The molecule has 252 valence electrons. The molecule has 2 amide bonds. The summed E-state index contributed by atoms with van der Waals surface area (Å²) in [6.07, 6.45) is 6.23. The normalized spacial score (nSPS) is 17.8. The molecule has 2 N–H and O–H groups in total. The fourth-order valence-electron chi connectivity index (χ4n) is 5.67. The van der Waals surface area contributed by atoms with Crippen LogP contribution in [0, 0.1) is 5.41 Å². The van der Waals surface area contributed by atoms with Gasteiger partial charge in [-0.15, -0.1) is 0 Å². The average molecular weight is 642 g/mol. The van der Waals surface area contributed by atoms with E-state index in [0.717, 1.165) is 45.0 Å². The highest BCUT2D eigenvalue weighted by Crippen LogP contribution is 2.30. The molecule has 1 aromatic rings. The summed E-state index contributed by atoms with van der Waals surface area (Å²) in [5.41, 5.74) is -0.212. The fraction of sp³-hybridized carbons (Fsp3) is 0.588. The van der Waals surface area contributed by atoms with E-state index in [1.165, 1.54) is 25.2 Å². The van der Waals surface area contributed by atoms with Crippen molar-refractivity contribution in [3.63, 3.8) is 0 Å². The highest BCUT2D eigenvalue weighted by molar-refractivity contribution is 6.38. The first kappa shape index (κ1) is 36.4. The molecule has 12 heteroatoms. The topological polar surface area (TPSA) is 160 Å². The summed E-state index contributed by atoms with van der Waals surface area (Å²) >= 11 is 0. The van der Waals surface area contributed by atoms with Gasteiger partial charge in [-0.3, -0.25) is 19.2 Å². The van der Waals surface area contributed by atoms with Crippen molar-refractivity contribution in [2.24, 2.45) is 5.41 Å². The maximum atomic E-state index is 13.8. The Hall–Kier alpha value is -4.06. The van der Waals surface area contributed by atoms with Crippen molar-refractivity contribution in [1.29, 1.82) is 0 Å². The molecule has 0 unspecified atom stereocenters. The van der Waals surface area contributed by atoms with Gasteiger partial charge in [0.1, 0.15) is 18.8 Å². The van der Waals surface area contributed by atoms with Gasteiger partial charge >= 0.3 is 17.9 Å². The van der Waals surface area contributed by atoms with Crippen LogP contribution in [-0.2, 0) is 38.2 Å². The zero-order chi connectivity index (χ0) is 33.7. The molecule has 2 atom stereocenters. The molecule has 2 aliphatic heterocycles. The molecule has 2 heterocycles. The van der Waals surface area contributed by atoms with Gasteiger partial charge in [-0.1, -0.05) is 25.1 Å². The number of ether oxygens (including phenoxy) is 2. The molecule has 0 radical (unpaired) electrons. The lowest BCUT2D eigenvalue weighted by molar-refractivity contribution is -0.165. The molecule has 0 aromatic heterocycles. The zero-order valence-corrected chi connectivity index (χ0v) is 27.0. The molecule has 2 saturated heterocycles. The second kappa shape index (κ2) is 17.6. The maximum Gasteiger partial charge on any atom is 0.330 e. The number of nitrogens with zero attached hydrogens (tertiary/aromatic N) is 2. The minimum Gasteiger partial charge on any atom is -0.481 e. The van der Waals surface area contributed by atoms with E-state index in [-0.39, 0.29) is 26.0 Å².